The van der Waals surface area contributed by atoms with Gasteiger partial charge in [0.05, 0.1) is 12.0 Å². The van der Waals surface area contributed by atoms with E-state index in [0.717, 1.165) is 5.56 Å². The zero-order chi connectivity index (χ0) is 16.3. The first kappa shape index (κ1) is 15.7. The third-order valence-electron chi connectivity index (χ3n) is 4.31. The Hall–Kier alpha value is -2.15. The Kier molecular flexibility index (Phi) is 4.47. The molecule has 2 N–H and O–H groups in total. The van der Waals surface area contributed by atoms with Crippen LogP contribution in [0.3, 0.4) is 0 Å². The molecule has 2 aliphatic heterocycles. The Morgan fingerprint density at radius 3 is 2.61 bits per heavy atom. The molecule has 2 fully saturated rings. The van der Waals surface area contributed by atoms with Gasteiger partial charge in [0.25, 0.3) is 0 Å². The Labute approximate surface area is 140 Å². The molecule has 122 valence electrons. The van der Waals surface area contributed by atoms with E-state index in [0.29, 0.717) is 37.5 Å². The minimum absolute atomic E-state index is 0.0612. The molecule has 0 atom stereocenters. The van der Waals surface area contributed by atoms with Crippen LogP contribution in [-0.4, -0.2) is 40.6 Å². The van der Waals surface area contributed by atoms with Gasteiger partial charge in [0.15, 0.2) is 5.11 Å². The molecule has 1 aromatic carbocycles. The summed E-state index contributed by atoms with van der Waals surface area (Å²) in [6.07, 6.45) is 1.44. The minimum Gasteiger partial charge on any atom is -0.445 e. The molecule has 1 spiro atoms. The highest BCUT2D eigenvalue weighted by atomic mass is 32.1. The number of nitrogens with zero attached hydrogens (tertiary/aromatic N) is 1. The lowest BCUT2D eigenvalue weighted by molar-refractivity contribution is -0.122. The molecule has 0 saturated carbocycles. The van der Waals surface area contributed by atoms with Crippen LogP contribution in [0.5, 0.6) is 0 Å². The van der Waals surface area contributed by atoms with Gasteiger partial charge in [0.1, 0.15) is 6.61 Å². The largest absolute Gasteiger partial charge is 0.445 e. The molecule has 2 aliphatic rings. The number of carbonyl (C=O) groups excluding carboxylic acids is 2. The van der Waals surface area contributed by atoms with Crippen molar-refractivity contribution >= 4 is 29.3 Å². The van der Waals surface area contributed by atoms with Gasteiger partial charge in [-0.2, -0.15) is 0 Å². The first-order valence-electron chi connectivity index (χ1n) is 7.64. The van der Waals surface area contributed by atoms with Crippen LogP contribution in [0.2, 0.25) is 0 Å². The van der Waals surface area contributed by atoms with Gasteiger partial charge in [-0.1, -0.05) is 30.3 Å². The molecular weight excluding hydrogens is 314 g/mol. The molecule has 0 radical (unpaired) electrons. The molecule has 2 amide bonds. The van der Waals surface area contributed by atoms with Crippen LogP contribution in [0.1, 0.15) is 24.8 Å². The lowest BCUT2D eigenvalue weighted by atomic mass is 9.83. The number of ether oxygens (including phenoxy) is 1. The van der Waals surface area contributed by atoms with Crippen LogP contribution in [0, 0.1) is 0 Å². The van der Waals surface area contributed by atoms with E-state index in [1.165, 1.54) is 0 Å². The number of benzene rings is 1. The van der Waals surface area contributed by atoms with Crippen LogP contribution < -0.4 is 10.6 Å². The van der Waals surface area contributed by atoms with Crippen LogP contribution in [-0.2, 0) is 16.1 Å². The molecular formula is C16H19N3O3S. The van der Waals surface area contributed by atoms with E-state index in [4.69, 9.17) is 17.0 Å². The maximum Gasteiger partial charge on any atom is 0.410 e. The summed E-state index contributed by atoms with van der Waals surface area (Å²) in [6, 6.07) is 9.59. The van der Waals surface area contributed by atoms with Crippen molar-refractivity contribution in [2.75, 3.05) is 13.1 Å². The number of amides is 2. The van der Waals surface area contributed by atoms with Crippen molar-refractivity contribution in [2.24, 2.45) is 0 Å². The van der Waals surface area contributed by atoms with Gasteiger partial charge in [-0.15, -0.1) is 0 Å². The van der Waals surface area contributed by atoms with Crippen LogP contribution in [0.4, 0.5) is 4.79 Å². The summed E-state index contributed by atoms with van der Waals surface area (Å²) in [5, 5.41) is 6.18. The summed E-state index contributed by atoms with van der Waals surface area (Å²) in [6.45, 7) is 1.37. The maximum absolute atomic E-state index is 12.1. The Morgan fingerprint density at radius 2 is 1.96 bits per heavy atom. The molecule has 2 heterocycles. The number of hydrogen-bond acceptors (Lipinski definition) is 4. The standard InChI is InChI=1S/C16H19N3O3S/c20-13-10-16(18-14(23)17-13)6-8-19(9-7-16)15(21)22-11-12-4-2-1-3-5-12/h1-5H,6-11H2,(H2,17,18,20,23). The number of likely N-dealkylation sites (tertiary alicyclic amines) is 1. The third kappa shape index (κ3) is 3.79. The van der Waals surface area contributed by atoms with Gasteiger partial charge in [0, 0.05) is 13.1 Å². The first-order chi connectivity index (χ1) is 11.1. The lowest BCUT2D eigenvalue weighted by Gasteiger charge is -2.44. The number of thiocarbonyl (C=S) groups is 1. The van der Waals surface area contributed by atoms with Gasteiger partial charge >= 0.3 is 6.09 Å². The fourth-order valence-electron chi connectivity index (χ4n) is 3.02. The van der Waals surface area contributed by atoms with Gasteiger partial charge in [-0.3, -0.25) is 4.79 Å². The first-order valence-corrected chi connectivity index (χ1v) is 8.05. The molecule has 2 saturated heterocycles. The number of carbonyl (C=O) groups is 2. The van der Waals surface area contributed by atoms with E-state index in [1.807, 2.05) is 30.3 Å². The molecule has 6 nitrogen and oxygen atoms in total. The minimum atomic E-state index is -0.324. The predicted molar refractivity (Wildman–Crippen MR) is 88.7 cm³/mol. The van der Waals surface area contributed by atoms with Crippen molar-refractivity contribution in [1.82, 2.24) is 15.5 Å². The second-order valence-electron chi connectivity index (χ2n) is 5.99. The second-order valence-corrected chi connectivity index (χ2v) is 6.39. The van der Waals surface area contributed by atoms with Gasteiger partial charge in [0.2, 0.25) is 5.91 Å². The zero-order valence-electron chi connectivity index (χ0n) is 12.7. The topological polar surface area (TPSA) is 70.7 Å². The van der Waals surface area contributed by atoms with Crippen LogP contribution >= 0.6 is 12.2 Å². The highest BCUT2D eigenvalue weighted by Gasteiger charge is 2.41. The molecule has 0 aromatic heterocycles. The monoisotopic (exact) mass is 333 g/mol. The van der Waals surface area contributed by atoms with E-state index in [1.54, 1.807) is 4.90 Å². The summed E-state index contributed by atoms with van der Waals surface area (Å²) in [4.78, 5) is 25.5. The van der Waals surface area contributed by atoms with Gasteiger partial charge in [-0.25, -0.2) is 4.79 Å². The number of rotatable bonds is 2. The second kappa shape index (κ2) is 6.54. The summed E-state index contributed by atoms with van der Waals surface area (Å²) in [5.41, 5.74) is 0.639. The molecule has 0 unspecified atom stereocenters. The normalized spacial score (nSPS) is 19.9. The third-order valence-corrected chi connectivity index (χ3v) is 4.52. The van der Waals surface area contributed by atoms with E-state index in [-0.39, 0.29) is 24.1 Å². The van der Waals surface area contributed by atoms with Crippen molar-refractivity contribution in [1.29, 1.82) is 0 Å². The quantitative estimate of drug-likeness (QED) is 0.804. The Bertz CT molecular complexity index is 594. The fraction of sp³-hybridized carbons (Fsp3) is 0.438. The average molecular weight is 333 g/mol. The summed E-state index contributed by atoms with van der Waals surface area (Å²) in [7, 11) is 0. The van der Waals surface area contributed by atoms with Crippen molar-refractivity contribution < 1.29 is 14.3 Å². The average Bonchev–Trinajstić information content (AvgIpc) is 2.53. The van der Waals surface area contributed by atoms with E-state index < -0.39 is 0 Å². The molecule has 23 heavy (non-hydrogen) atoms. The van der Waals surface area contributed by atoms with E-state index >= 15 is 0 Å². The molecule has 1 aromatic rings. The molecule has 0 bridgehead atoms. The maximum atomic E-state index is 12.1. The molecule has 0 aliphatic carbocycles. The zero-order valence-corrected chi connectivity index (χ0v) is 13.5. The molecule has 7 heteroatoms. The molecule has 3 rings (SSSR count). The smallest absolute Gasteiger partial charge is 0.410 e. The van der Waals surface area contributed by atoms with Crippen molar-refractivity contribution in [3.63, 3.8) is 0 Å². The van der Waals surface area contributed by atoms with Gasteiger partial charge < -0.3 is 20.3 Å². The SMILES string of the molecule is O=C1CC2(CCN(C(=O)OCc3ccccc3)CC2)NC(=S)N1. The fourth-order valence-corrected chi connectivity index (χ4v) is 3.35. The highest BCUT2D eigenvalue weighted by Crippen LogP contribution is 2.28. The van der Waals surface area contributed by atoms with Gasteiger partial charge in [-0.05, 0) is 30.6 Å². The van der Waals surface area contributed by atoms with E-state index in [2.05, 4.69) is 10.6 Å². The number of nitrogens with one attached hydrogen (secondary N) is 2. The number of hydrogen-bond donors (Lipinski definition) is 2. The van der Waals surface area contributed by atoms with E-state index in [9.17, 15) is 9.59 Å². The van der Waals surface area contributed by atoms with Crippen molar-refractivity contribution in [2.45, 2.75) is 31.4 Å². The van der Waals surface area contributed by atoms with Crippen molar-refractivity contribution in [3.8, 4) is 0 Å². The lowest BCUT2D eigenvalue weighted by Crippen LogP contribution is -2.64. The van der Waals surface area contributed by atoms with Crippen molar-refractivity contribution in [3.05, 3.63) is 35.9 Å². The van der Waals surface area contributed by atoms with Crippen LogP contribution in [0.25, 0.3) is 0 Å². The van der Waals surface area contributed by atoms with Crippen LogP contribution in [0.15, 0.2) is 30.3 Å². The highest BCUT2D eigenvalue weighted by molar-refractivity contribution is 7.80. The summed E-state index contributed by atoms with van der Waals surface area (Å²) in [5.74, 6) is -0.0612. The summed E-state index contributed by atoms with van der Waals surface area (Å²) < 4.78 is 5.35. The predicted octanol–water partition coefficient (Wildman–Crippen LogP) is 1.55. The Balaban J connectivity index is 1.51. The summed E-state index contributed by atoms with van der Waals surface area (Å²) >= 11 is 5.06. The number of piperidine rings is 1. The Morgan fingerprint density at radius 1 is 1.26 bits per heavy atom.